The molecular formula is C32H47ClN5O5P. The summed E-state index contributed by atoms with van der Waals surface area (Å²) in [7, 11) is 0.497. The van der Waals surface area contributed by atoms with Crippen molar-refractivity contribution >= 4 is 48.4 Å². The molecule has 0 bridgehead atoms. The molecule has 0 aliphatic carbocycles. The number of ether oxygens (including phenoxy) is 1. The minimum absolute atomic E-state index is 0.103. The number of non-ortho nitro benzene ring substituents is 1. The summed E-state index contributed by atoms with van der Waals surface area (Å²) in [4.78, 5) is 13.0. The molecule has 1 unspecified atom stereocenters. The lowest BCUT2D eigenvalue weighted by atomic mass is 9.88. The molecule has 0 N–H and O–H groups in total. The van der Waals surface area contributed by atoms with Crippen LogP contribution < -0.4 is 9.64 Å². The number of allylic oxidation sites excluding steroid dienone is 1. The van der Waals surface area contributed by atoms with Gasteiger partial charge in [0.2, 0.25) is 0 Å². The smallest absolute Gasteiger partial charge is 0.271 e. The molecule has 12 heteroatoms. The van der Waals surface area contributed by atoms with Crippen LogP contribution in [0, 0.1) is 10.1 Å². The molecule has 1 heterocycles. The van der Waals surface area contributed by atoms with Crippen LogP contribution in [-0.4, -0.2) is 54.1 Å². The van der Waals surface area contributed by atoms with Crippen LogP contribution in [0.3, 0.4) is 0 Å². The van der Waals surface area contributed by atoms with Gasteiger partial charge in [-0.25, -0.2) is 4.67 Å². The van der Waals surface area contributed by atoms with Crippen molar-refractivity contribution in [2.24, 2.45) is 10.2 Å². The van der Waals surface area contributed by atoms with Gasteiger partial charge in [0.25, 0.3) is 14.2 Å². The highest BCUT2D eigenvalue weighted by molar-refractivity contribution is 7.44. The van der Waals surface area contributed by atoms with Crippen LogP contribution in [-0.2, 0) is 9.05 Å². The maximum atomic E-state index is 11.1. The highest BCUT2D eigenvalue weighted by atomic mass is 35.5. The number of hydrogen-bond acceptors (Lipinski definition) is 9. The predicted octanol–water partition coefficient (Wildman–Crippen LogP) is 10.2. The highest BCUT2D eigenvalue weighted by Gasteiger charge is 2.32. The van der Waals surface area contributed by atoms with E-state index in [1.165, 1.54) is 18.2 Å². The summed E-state index contributed by atoms with van der Waals surface area (Å²) in [5.74, 6) is 0.575. The van der Waals surface area contributed by atoms with Crippen LogP contribution in [0.1, 0.15) is 80.2 Å². The van der Waals surface area contributed by atoms with Gasteiger partial charge in [0.15, 0.2) is 0 Å². The topological polar surface area (TPSA) is 102 Å². The highest BCUT2D eigenvalue weighted by Crippen LogP contribution is 2.47. The molecule has 0 spiro atoms. The summed E-state index contributed by atoms with van der Waals surface area (Å²) in [5, 5.41) is 19.9. The Hall–Kier alpha value is -2.62. The van der Waals surface area contributed by atoms with Gasteiger partial charge >= 0.3 is 0 Å². The van der Waals surface area contributed by atoms with E-state index in [9.17, 15) is 10.1 Å². The molecule has 0 amide bonds. The molecule has 0 saturated heterocycles. The maximum Gasteiger partial charge on any atom is 0.271 e. The minimum Gasteiger partial charge on any atom is -0.494 e. The first-order valence-corrected chi connectivity index (χ1v) is 16.7. The summed E-state index contributed by atoms with van der Waals surface area (Å²) in [6.07, 6.45) is 5.08. The number of halogens is 1. The van der Waals surface area contributed by atoms with Gasteiger partial charge in [-0.05, 0) is 85.4 Å². The van der Waals surface area contributed by atoms with E-state index in [-0.39, 0.29) is 16.2 Å². The molecule has 1 atom stereocenters. The SMILES string of the molecule is CCCOP(OCCCCN1c2cc(OC)c(/N=N/c3ccc([N+](=O)[O-])cc3Cl)cc2C(C)=CC1(C)C)N(C(C)C)C(C)C. The van der Waals surface area contributed by atoms with Gasteiger partial charge in [-0.2, -0.15) is 0 Å². The summed E-state index contributed by atoms with van der Waals surface area (Å²) in [5.41, 5.74) is 3.82. The number of nitrogens with zero attached hydrogens (tertiary/aromatic N) is 5. The van der Waals surface area contributed by atoms with Crippen LogP contribution >= 0.6 is 20.1 Å². The van der Waals surface area contributed by atoms with Crippen molar-refractivity contribution in [1.29, 1.82) is 0 Å². The minimum atomic E-state index is -1.11. The van der Waals surface area contributed by atoms with Crippen LogP contribution in [0.2, 0.25) is 5.02 Å². The zero-order chi connectivity index (χ0) is 32.6. The van der Waals surface area contributed by atoms with Gasteiger partial charge in [-0.1, -0.05) is 24.6 Å². The van der Waals surface area contributed by atoms with Gasteiger partial charge in [-0.3, -0.25) is 10.1 Å². The molecule has 2 aromatic carbocycles. The summed E-state index contributed by atoms with van der Waals surface area (Å²) in [6, 6.07) is 8.76. The fraction of sp³-hybridized carbons (Fsp3) is 0.562. The number of methoxy groups -OCH3 is 1. The largest absolute Gasteiger partial charge is 0.494 e. The number of benzene rings is 2. The lowest BCUT2D eigenvalue weighted by molar-refractivity contribution is -0.384. The third-order valence-electron chi connectivity index (χ3n) is 7.32. The Kier molecular flexibility index (Phi) is 13.1. The first-order chi connectivity index (χ1) is 20.8. The fourth-order valence-corrected chi connectivity index (χ4v) is 7.30. The van der Waals surface area contributed by atoms with Crippen molar-refractivity contribution in [3.8, 4) is 5.75 Å². The second-order valence-corrected chi connectivity index (χ2v) is 13.8. The number of hydrogen-bond donors (Lipinski definition) is 0. The maximum absolute atomic E-state index is 11.1. The molecule has 44 heavy (non-hydrogen) atoms. The Morgan fingerprint density at radius 2 is 1.70 bits per heavy atom. The molecule has 1 aliphatic rings. The van der Waals surface area contributed by atoms with Gasteiger partial charge in [-0.15, -0.1) is 10.2 Å². The number of azo groups is 1. The molecule has 2 aromatic rings. The van der Waals surface area contributed by atoms with Crippen LogP contribution in [0.5, 0.6) is 5.75 Å². The summed E-state index contributed by atoms with van der Waals surface area (Å²) >= 11 is 6.23. The molecule has 242 valence electrons. The van der Waals surface area contributed by atoms with E-state index in [0.29, 0.717) is 42.4 Å². The first-order valence-electron chi connectivity index (χ1n) is 15.2. The fourth-order valence-electron chi connectivity index (χ4n) is 5.37. The molecule has 3 rings (SSSR count). The van der Waals surface area contributed by atoms with E-state index in [0.717, 1.165) is 42.6 Å². The number of nitro benzene ring substituents is 1. The second-order valence-electron chi connectivity index (χ2n) is 11.9. The van der Waals surface area contributed by atoms with E-state index in [4.69, 9.17) is 25.4 Å². The normalized spacial score (nSPS) is 15.3. The molecule has 0 fully saturated rings. The Morgan fingerprint density at radius 1 is 1.05 bits per heavy atom. The lowest BCUT2D eigenvalue weighted by Crippen LogP contribution is -2.45. The standard InChI is InChI=1S/C32H47ClN5O5P/c1-10-16-42-44(37(22(2)3)23(4)5)43-17-12-11-15-36-30-20-31(41-9)29(19-26(30)24(6)21-32(36,7)8)35-34-28-14-13-25(38(39)40)18-27(28)33/h13-14,18-23H,10-12,15-17H2,1-9H3/b35-34+. The van der Waals surface area contributed by atoms with E-state index in [1.54, 1.807) is 7.11 Å². The number of rotatable bonds is 16. The van der Waals surface area contributed by atoms with Gasteiger partial charge in [0.05, 0.1) is 35.8 Å². The number of nitro groups is 1. The van der Waals surface area contributed by atoms with Crippen molar-refractivity contribution in [1.82, 2.24) is 4.67 Å². The van der Waals surface area contributed by atoms with Gasteiger partial charge in [0, 0.05) is 48.1 Å². The third-order valence-corrected chi connectivity index (χ3v) is 9.73. The summed E-state index contributed by atoms with van der Waals surface area (Å²) in [6.45, 7) is 19.5. The molecule has 0 saturated carbocycles. The zero-order valence-electron chi connectivity index (χ0n) is 27.5. The number of unbranched alkanes of at least 4 members (excludes halogenated alkanes) is 1. The van der Waals surface area contributed by atoms with E-state index in [2.05, 4.69) is 81.3 Å². The molecule has 10 nitrogen and oxygen atoms in total. The Labute approximate surface area is 268 Å². The predicted molar refractivity (Wildman–Crippen MR) is 181 cm³/mol. The van der Waals surface area contributed by atoms with Crippen molar-refractivity contribution in [2.75, 3.05) is 31.8 Å². The lowest BCUT2D eigenvalue weighted by Gasteiger charge is -2.43. The van der Waals surface area contributed by atoms with Crippen LogP contribution in [0.4, 0.5) is 22.7 Å². The molecule has 0 aromatic heterocycles. The first kappa shape index (κ1) is 35.9. The van der Waals surface area contributed by atoms with Crippen molar-refractivity contribution in [3.63, 3.8) is 0 Å². The summed E-state index contributed by atoms with van der Waals surface area (Å²) < 4.78 is 20.6. The van der Waals surface area contributed by atoms with E-state index in [1.807, 2.05) is 12.1 Å². The van der Waals surface area contributed by atoms with Crippen LogP contribution in [0.25, 0.3) is 5.57 Å². The Bertz CT molecular complexity index is 1340. The zero-order valence-corrected chi connectivity index (χ0v) is 29.1. The van der Waals surface area contributed by atoms with Crippen molar-refractivity contribution in [2.45, 2.75) is 92.3 Å². The van der Waals surface area contributed by atoms with Gasteiger partial charge in [0.1, 0.15) is 17.1 Å². The van der Waals surface area contributed by atoms with Crippen LogP contribution in [0.15, 0.2) is 46.6 Å². The monoisotopic (exact) mass is 647 g/mol. The second kappa shape index (κ2) is 16.1. The molecule has 1 aliphatic heterocycles. The Morgan fingerprint density at radius 3 is 2.30 bits per heavy atom. The molecular weight excluding hydrogens is 601 g/mol. The third kappa shape index (κ3) is 8.98. The van der Waals surface area contributed by atoms with E-state index < -0.39 is 13.4 Å². The number of fused-ring (bicyclic) bond motifs is 1. The molecule has 0 radical (unpaired) electrons. The van der Waals surface area contributed by atoms with Gasteiger partial charge < -0.3 is 18.7 Å². The van der Waals surface area contributed by atoms with E-state index >= 15 is 0 Å². The Balaban J connectivity index is 1.77. The van der Waals surface area contributed by atoms with Crippen molar-refractivity contribution in [3.05, 3.63) is 57.1 Å². The average Bonchev–Trinajstić information content (AvgIpc) is 2.95. The number of anilines is 1. The average molecular weight is 648 g/mol. The quantitative estimate of drug-likeness (QED) is 0.0587. The van der Waals surface area contributed by atoms with Crippen molar-refractivity contribution < 1.29 is 18.7 Å².